The van der Waals surface area contributed by atoms with Gasteiger partial charge >= 0.3 is 0 Å². The molecule has 33 heavy (non-hydrogen) atoms. The summed E-state index contributed by atoms with van der Waals surface area (Å²) < 4.78 is 12.4. The van der Waals surface area contributed by atoms with Crippen molar-refractivity contribution in [3.8, 4) is 11.5 Å². The molecule has 0 aliphatic carbocycles. The van der Waals surface area contributed by atoms with E-state index in [2.05, 4.69) is 5.32 Å². The molecule has 3 aromatic carbocycles. The molecule has 1 aliphatic rings. The Morgan fingerprint density at radius 2 is 1.58 bits per heavy atom. The van der Waals surface area contributed by atoms with Crippen molar-refractivity contribution in [2.24, 2.45) is 5.92 Å². The number of Topliss-reactive ketones (excluding diaryl/α,β-unsaturated/α-hetero) is 2. The molecule has 2 atom stereocenters. The van der Waals surface area contributed by atoms with Crippen LogP contribution >= 0.6 is 0 Å². The van der Waals surface area contributed by atoms with E-state index in [0.29, 0.717) is 23.4 Å². The Morgan fingerprint density at radius 3 is 2.30 bits per heavy atom. The lowest BCUT2D eigenvalue weighted by Crippen LogP contribution is -2.40. The lowest BCUT2D eigenvalue weighted by Gasteiger charge is -2.21. The normalized spacial score (nSPS) is 17.3. The molecule has 1 amide bonds. The number of rotatable bonds is 6. The molecule has 3 aromatic rings. The molecule has 0 aromatic heterocycles. The Morgan fingerprint density at radius 1 is 0.909 bits per heavy atom. The quantitative estimate of drug-likeness (QED) is 0.294. The van der Waals surface area contributed by atoms with Gasteiger partial charge in [-0.2, -0.15) is 0 Å². The summed E-state index contributed by atoms with van der Waals surface area (Å²) in [7, 11) is -1.52. The second kappa shape index (κ2) is 9.38. The number of phenols is 2. The van der Waals surface area contributed by atoms with Crippen LogP contribution in [0.25, 0.3) is 0 Å². The predicted molar refractivity (Wildman–Crippen MR) is 123 cm³/mol. The first-order chi connectivity index (χ1) is 15.8. The Bertz CT molecular complexity index is 1270. The van der Waals surface area contributed by atoms with Crippen LogP contribution in [0.2, 0.25) is 0 Å². The van der Waals surface area contributed by atoms with Crippen molar-refractivity contribution in [2.45, 2.75) is 17.7 Å². The van der Waals surface area contributed by atoms with Gasteiger partial charge in [-0.1, -0.05) is 36.4 Å². The highest BCUT2D eigenvalue weighted by Crippen LogP contribution is 2.27. The second-order valence-electron chi connectivity index (χ2n) is 7.76. The Balaban J connectivity index is 1.37. The average Bonchev–Trinajstić information content (AvgIpc) is 2.82. The fraction of sp³-hybridized carbons (Fsp3) is 0.160. The topological polar surface area (TPSA) is 121 Å². The number of hydrogen-bond acceptors (Lipinski definition) is 6. The maximum absolute atomic E-state index is 12.7. The predicted octanol–water partition coefficient (Wildman–Crippen LogP) is 3.01. The highest BCUT2D eigenvalue weighted by atomic mass is 32.2. The fourth-order valence-corrected chi connectivity index (χ4v) is 5.12. The molecule has 1 aliphatic heterocycles. The van der Waals surface area contributed by atoms with Gasteiger partial charge in [0, 0.05) is 21.9 Å². The molecule has 0 bridgehead atoms. The van der Waals surface area contributed by atoms with Gasteiger partial charge in [0.25, 0.3) is 5.91 Å². The lowest BCUT2D eigenvalue weighted by atomic mass is 9.94. The second-order valence-corrected chi connectivity index (χ2v) is 9.23. The number of amides is 1. The van der Waals surface area contributed by atoms with Gasteiger partial charge in [-0.15, -0.1) is 0 Å². The zero-order valence-corrected chi connectivity index (χ0v) is 18.3. The van der Waals surface area contributed by atoms with Gasteiger partial charge in [0.15, 0.2) is 17.3 Å². The van der Waals surface area contributed by atoms with Crippen molar-refractivity contribution in [1.82, 2.24) is 0 Å². The zero-order chi connectivity index (χ0) is 23.5. The molecule has 1 heterocycles. The minimum Gasteiger partial charge on any atom is -0.504 e. The number of hydrogen-bond donors (Lipinski definition) is 3. The largest absolute Gasteiger partial charge is 0.504 e. The summed E-state index contributed by atoms with van der Waals surface area (Å²) in [5.41, 5.74) is 2.47. The first-order valence-corrected chi connectivity index (χ1v) is 11.6. The van der Waals surface area contributed by atoms with E-state index in [9.17, 15) is 28.8 Å². The third-order valence-electron chi connectivity index (χ3n) is 5.53. The van der Waals surface area contributed by atoms with Crippen LogP contribution < -0.4 is 5.32 Å². The van der Waals surface area contributed by atoms with E-state index in [1.165, 1.54) is 18.2 Å². The van der Waals surface area contributed by atoms with Crippen molar-refractivity contribution in [2.75, 3.05) is 11.1 Å². The van der Waals surface area contributed by atoms with E-state index >= 15 is 0 Å². The summed E-state index contributed by atoms with van der Waals surface area (Å²) >= 11 is 0. The van der Waals surface area contributed by atoms with E-state index in [4.69, 9.17) is 0 Å². The minimum atomic E-state index is -1.52. The van der Waals surface area contributed by atoms with Gasteiger partial charge in [-0.25, -0.2) is 0 Å². The van der Waals surface area contributed by atoms with Crippen LogP contribution in [0.1, 0.15) is 21.5 Å². The minimum absolute atomic E-state index is 0.168. The SMILES string of the molecule is O=C(Nc1ccc(CCc2ccc(O)c(O)c2)cc1)C(=O)C1CS(=O)c2ccccc2C1=O. The number of benzene rings is 3. The van der Waals surface area contributed by atoms with Crippen LogP contribution in [0, 0.1) is 5.92 Å². The van der Waals surface area contributed by atoms with Crippen molar-refractivity contribution < 1.29 is 28.8 Å². The first kappa shape index (κ1) is 22.4. The van der Waals surface area contributed by atoms with Crippen LogP contribution in [-0.4, -0.2) is 37.6 Å². The molecular weight excluding hydrogens is 442 g/mol. The van der Waals surface area contributed by atoms with Crippen LogP contribution in [0.3, 0.4) is 0 Å². The number of ketones is 2. The summed E-state index contributed by atoms with van der Waals surface area (Å²) in [5, 5.41) is 21.5. The van der Waals surface area contributed by atoms with Crippen molar-refractivity contribution in [1.29, 1.82) is 0 Å². The van der Waals surface area contributed by atoms with Gasteiger partial charge in [0.05, 0.1) is 10.8 Å². The molecule has 3 N–H and O–H groups in total. The van der Waals surface area contributed by atoms with Crippen LogP contribution in [0.15, 0.2) is 71.6 Å². The average molecular weight is 464 g/mol. The summed E-state index contributed by atoms with van der Waals surface area (Å²) in [6, 6.07) is 18.0. The standard InChI is InChI=1S/C25H21NO6S/c27-20-12-9-16(13-21(20)28)6-5-15-7-10-17(11-8-15)26-25(31)24(30)19-14-33(32)22-4-2-1-3-18(22)23(19)29/h1-4,7-13,19,27-28H,5-6,14H2,(H,26,31). The maximum atomic E-state index is 12.7. The Labute approximate surface area is 192 Å². The molecule has 0 spiro atoms. The van der Waals surface area contributed by atoms with Crippen LogP contribution in [0.5, 0.6) is 11.5 Å². The van der Waals surface area contributed by atoms with E-state index in [1.807, 2.05) is 0 Å². The number of fused-ring (bicyclic) bond motifs is 1. The van der Waals surface area contributed by atoms with Crippen LogP contribution in [0.4, 0.5) is 5.69 Å². The molecule has 0 radical (unpaired) electrons. The number of carbonyl (C=O) groups excluding carboxylic acids is 3. The lowest BCUT2D eigenvalue weighted by molar-refractivity contribution is -0.136. The van der Waals surface area contributed by atoms with Crippen LogP contribution in [-0.2, 0) is 33.2 Å². The Kier molecular flexibility index (Phi) is 6.37. The van der Waals surface area contributed by atoms with Crippen molar-refractivity contribution in [3.05, 3.63) is 83.4 Å². The van der Waals surface area contributed by atoms with E-state index in [-0.39, 0.29) is 22.8 Å². The van der Waals surface area contributed by atoms with Gasteiger partial charge in [0.2, 0.25) is 5.78 Å². The zero-order valence-electron chi connectivity index (χ0n) is 17.5. The Hall–Kier alpha value is -3.78. The van der Waals surface area contributed by atoms with Crippen molar-refractivity contribution >= 4 is 34.0 Å². The van der Waals surface area contributed by atoms with Gasteiger partial charge in [-0.3, -0.25) is 18.6 Å². The molecule has 0 fully saturated rings. The number of carbonyl (C=O) groups is 3. The van der Waals surface area contributed by atoms with Gasteiger partial charge in [-0.05, 0) is 54.3 Å². The number of aryl methyl sites for hydroxylation is 2. The molecular formula is C25H21NO6S. The third kappa shape index (κ3) is 4.85. The maximum Gasteiger partial charge on any atom is 0.292 e. The molecule has 0 saturated heterocycles. The monoisotopic (exact) mass is 463 g/mol. The number of anilines is 1. The number of aromatic hydroxyl groups is 2. The summed E-state index contributed by atoms with van der Waals surface area (Å²) in [4.78, 5) is 38.2. The first-order valence-electron chi connectivity index (χ1n) is 10.3. The molecule has 2 unspecified atom stereocenters. The summed E-state index contributed by atoms with van der Waals surface area (Å²) in [6.07, 6.45) is 1.31. The van der Waals surface area contributed by atoms with Gasteiger partial charge < -0.3 is 15.5 Å². The molecule has 8 heteroatoms. The highest BCUT2D eigenvalue weighted by Gasteiger charge is 2.39. The third-order valence-corrected chi connectivity index (χ3v) is 7.01. The van der Waals surface area contributed by atoms with Crippen molar-refractivity contribution in [3.63, 3.8) is 0 Å². The smallest absolute Gasteiger partial charge is 0.292 e. The number of nitrogens with one attached hydrogen (secondary N) is 1. The molecule has 0 saturated carbocycles. The van der Waals surface area contributed by atoms with E-state index in [1.54, 1.807) is 48.5 Å². The molecule has 4 rings (SSSR count). The fourth-order valence-electron chi connectivity index (χ4n) is 3.69. The molecule has 168 valence electrons. The summed E-state index contributed by atoms with van der Waals surface area (Å²) in [6.45, 7) is 0. The van der Waals surface area contributed by atoms with E-state index < -0.39 is 34.2 Å². The summed E-state index contributed by atoms with van der Waals surface area (Å²) in [5.74, 6) is -4.11. The van der Waals surface area contributed by atoms with E-state index in [0.717, 1.165) is 11.1 Å². The molecule has 7 nitrogen and oxygen atoms in total. The number of phenolic OH excluding ortho intramolecular Hbond substituents is 2. The van der Waals surface area contributed by atoms with Gasteiger partial charge in [0.1, 0.15) is 5.92 Å². The highest BCUT2D eigenvalue weighted by molar-refractivity contribution is 7.85.